The van der Waals surface area contributed by atoms with Crippen molar-refractivity contribution in [2.45, 2.75) is 58.9 Å². The van der Waals surface area contributed by atoms with Crippen LogP contribution in [0.2, 0.25) is 0 Å². The van der Waals surface area contributed by atoms with Crippen LogP contribution in [-0.4, -0.2) is 76.6 Å². The maximum atomic E-state index is 5.84. The summed E-state index contributed by atoms with van der Waals surface area (Å²) in [4.78, 5) is 7.05. The number of rotatable bonds is 10. The van der Waals surface area contributed by atoms with Crippen LogP contribution in [0.15, 0.2) is 4.99 Å². The van der Waals surface area contributed by atoms with Gasteiger partial charge in [-0.3, -0.25) is 9.89 Å². The van der Waals surface area contributed by atoms with Gasteiger partial charge in [0.25, 0.3) is 0 Å². The third-order valence-electron chi connectivity index (χ3n) is 6.21. The van der Waals surface area contributed by atoms with Crippen molar-refractivity contribution in [2.24, 2.45) is 22.7 Å². The number of aliphatic imine (C=N–C) groups is 1. The molecule has 0 aromatic rings. The molecule has 2 aliphatic rings. The van der Waals surface area contributed by atoms with Crippen LogP contribution in [0.5, 0.6) is 0 Å². The van der Waals surface area contributed by atoms with Gasteiger partial charge in [-0.25, -0.2) is 0 Å². The zero-order chi connectivity index (χ0) is 20.2. The van der Waals surface area contributed by atoms with E-state index in [0.29, 0.717) is 17.9 Å². The smallest absolute Gasteiger partial charge is 0.191 e. The molecule has 1 unspecified atom stereocenters. The average molecular weight is 397 g/mol. The second-order valence-corrected chi connectivity index (χ2v) is 8.89. The minimum atomic E-state index is 0.564. The van der Waals surface area contributed by atoms with E-state index in [9.17, 15) is 0 Å². The number of guanidine groups is 1. The van der Waals surface area contributed by atoms with Crippen molar-refractivity contribution < 1.29 is 9.47 Å². The highest BCUT2D eigenvalue weighted by Gasteiger charge is 2.25. The van der Waals surface area contributed by atoms with Crippen LogP contribution in [0.3, 0.4) is 0 Å². The number of piperidine rings is 1. The zero-order valence-corrected chi connectivity index (χ0v) is 18.7. The predicted molar refractivity (Wildman–Crippen MR) is 117 cm³/mol. The van der Waals surface area contributed by atoms with E-state index in [1.807, 2.05) is 7.05 Å². The van der Waals surface area contributed by atoms with Crippen molar-refractivity contribution in [3.05, 3.63) is 0 Å². The fraction of sp³-hybridized carbons (Fsp3) is 0.955. The Morgan fingerprint density at radius 3 is 2.50 bits per heavy atom. The van der Waals surface area contributed by atoms with Gasteiger partial charge >= 0.3 is 0 Å². The maximum absolute atomic E-state index is 5.84. The summed E-state index contributed by atoms with van der Waals surface area (Å²) in [5.41, 5.74) is 0. The quantitative estimate of drug-likeness (QED) is 0.338. The van der Waals surface area contributed by atoms with Crippen molar-refractivity contribution in [3.63, 3.8) is 0 Å². The van der Waals surface area contributed by atoms with Gasteiger partial charge in [-0.05, 0) is 62.9 Å². The molecule has 28 heavy (non-hydrogen) atoms. The van der Waals surface area contributed by atoms with E-state index >= 15 is 0 Å². The first-order valence-corrected chi connectivity index (χ1v) is 11.4. The summed E-state index contributed by atoms with van der Waals surface area (Å²) in [7, 11) is 1.85. The van der Waals surface area contributed by atoms with E-state index in [-0.39, 0.29) is 0 Å². The lowest BCUT2D eigenvalue weighted by Crippen LogP contribution is -2.51. The molecule has 2 aliphatic heterocycles. The van der Waals surface area contributed by atoms with Crippen molar-refractivity contribution >= 4 is 5.96 Å². The van der Waals surface area contributed by atoms with E-state index in [1.54, 1.807) is 0 Å². The zero-order valence-electron chi connectivity index (χ0n) is 18.7. The van der Waals surface area contributed by atoms with E-state index < -0.39 is 0 Å². The van der Waals surface area contributed by atoms with Crippen LogP contribution in [0, 0.1) is 17.8 Å². The Morgan fingerprint density at radius 2 is 1.86 bits per heavy atom. The van der Waals surface area contributed by atoms with E-state index in [2.05, 4.69) is 41.3 Å². The highest BCUT2D eigenvalue weighted by molar-refractivity contribution is 5.79. The molecule has 0 spiro atoms. The lowest BCUT2D eigenvalue weighted by atomic mass is 9.94. The fourth-order valence-electron chi connectivity index (χ4n) is 4.11. The summed E-state index contributed by atoms with van der Waals surface area (Å²) < 4.78 is 11.2. The topological polar surface area (TPSA) is 58.1 Å². The Hall–Kier alpha value is -0.850. The van der Waals surface area contributed by atoms with Gasteiger partial charge in [0.15, 0.2) is 5.96 Å². The monoisotopic (exact) mass is 396 g/mol. The van der Waals surface area contributed by atoms with Gasteiger partial charge in [0.1, 0.15) is 0 Å². The molecule has 6 heteroatoms. The lowest BCUT2D eigenvalue weighted by Gasteiger charge is -2.39. The van der Waals surface area contributed by atoms with Crippen LogP contribution in [0.4, 0.5) is 0 Å². The number of hydrogen-bond acceptors (Lipinski definition) is 4. The first kappa shape index (κ1) is 23.4. The van der Waals surface area contributed by atoms with Gasteiger partial charge in [0.2, 0.25) is 0 Å². The summed E-state index contributed by atoms with van der Waals surface area (Å²) >= 11 is 0. The molecule has 2 heterocycles. The summed E-state index contributed by atoms with van der Waals surface area (Å²) in [6, 6.07) is 0.564. The normalized spacial score (nSPS) is 21.8. The van der Waals surface area contributed by atoms with Gasteiger partial charge in [0, 0.05) is 52.6 Å². The van der Waals surface area contributed by atoms with Crippen LogP contribution < -0.4 is 10.6 Å². The second-order valence-electron chi connectivity index (χ2n) is 8.89. The molecule has 2 fully saturated rings. The SMILES string of the molecule is CN=C(NCCCOCC1CCOCC1)NCC(C(C)C)N1CCC(C)CC1. The highest BCUT2D eigenvalue weighted by Crippen LogP contribution is 2.21. The summed E-state index contributed by atoms with van der Waals surface area (Å²) in [6.45, 7) is 14.8. The molecule has 0 amide bonds. The molecule has 0 aromatic carbocycles. The summed E-state index contributed by atoms with van der Waals surface area (Å²) in [5, 5.41) is 6.98. The van der Waals surface area contributed by atoms with Crippen molar-refractivity contribution in [3.8, 4) is 0 Å². The Balaban J connectivity index is 1.59. The van der Waals surface area contributed by atoms with Crippen LogP contribution >= 0.6 is 0 Å². The molecule has 0 radical (unpaired) electrons. The van der Waals surface area contributed by atoms with Crippen LogP contribution in [0.25, 0.3) is 0 Å². The first-order valence-electron chi connectivity index (χ1n) is 11.4. The van der Waals surface area contributed by atoms with Crippen molar-refractivity contribution in [1.29, 1.82) is 0 Å². The van der Waals surface area contributed by atoms with E-state index in [0.717, 1.165) is 70.7 Å². The molecule has 1 atom stereocenters. The molecule has 2 rings (SSSR count). The molecule has 2 saturated heterocycles. The van der Waals surface area contributed by atoms with Gasteiger partial charge in [-0.15, -0.1) is 0 Å². The number of nitrogens with zero attached hydrogens (tertiary/aromatic N) is 2. The molecule has 2 N–H and O–H groups in total. The maximum Gasteiger partial charge on any atom is 0.191 e. The Bertz CT molecular complexity index is 430. The minimum absolute atomic E-state index is 0.564. The standard InChI is InChI=1S/C22H44N4O2/c1-18(2)21(26-11-6-19(3)7-12-26)16-25-22(23-4)24-10-5-13-28-17-20-8-14-27-15-9-20/h18-21H,5-17H2,1-4H3,(H2,23,24,25). The van der Waals surface area contributed by atoms with Gasteiger partial charge in [-0.2, -0.15) is 0 Å². The number of nitrogens with one attached hydrogen (secondary N) is 2. The third-order valence-corrected chi connectivity index (χ3v) is 6.21. The second kappa shape index (κ2) is 13.4. The molecule has 0 aliphatic carbocycles. The molecule has 0 aromatic heterocycles. The molecular weight excluding hydrogens is 352 g/mol. The molecular formula is C22H44N4O2. The Labute approximate surface area is 172 Å². The van der Waals surface area contributed by atoms with Crippen LogP contribution in [-0.2, 0) is 9.47 Å². The average Bonchev–Trinajstić information content (AvgIpc) is 2.71. The van der Waals surface area contributed by atoms with Crippen molar-refractivity contribution in [1.82, 2.24) is 15.5 Å². The summed E-state index contributed by atoms with van der Waals surface area (Å²) in [5.74, 6) is 3.10. The third kappa shape index (κ3) is 8.66. The van der Waals surface area contributed by atoms with Crippen molar-refractivity contribution in [2.75, 3.05) is 59.7 Å². The number of likely N-dealkylation sites (tertiary alicyclic amines) is 1. The first-order chi connectivity index (χ1) is 13.6. The highest BCUT2D eigenvalue weighted by atomic mass is 16.5. The molecule has 0 bridgehead atoms. The Kier molecular flexibility index (Phi) is 11.2. The molecule has 164 valence electrons. The largest absolute Gasteiger partial charge is 0.381 e. The number of hydrogen-bond donors (Lipinski definition) is 2. The Morgan fingerprint density at radius 1 is 1.14 bits per heavy atom. The lowest BCUT2D eigenvalue weighted by molar-refractivity contribution is 0.0203. The van der Waals surface area contributed by atoms with Crippen LogP contribution in [0.1, 0.15) is 52.9 Å². The summed E-state index contributed by atoms with van der Waals surface area (Å²) in [6.07, 6.45) is 5.93. The van der Waals surface area contributed by atoms with E-state index in [4.69, 9.17) is 9.47 Å². The fourth-order valence-corrected chi connectivity index (χ4v) is 4.11. The van der Waals surface area contributed by atoms with Gasteiger partial charge < -0.3 is 20.1 Å². The van der Waals surface area contributed by atoms with Gasteiger partial charge in [-0.1, -0.05) is 20.8 Å². The van der Waals surface area contributed by atoms with Gasteiger partial charge in [0.05, 0.1) is 0 Å². The number of ether oxygens (including phenoxy) is 2. The molecule has 0 saturated carbocycles. The minimum Gasteiger partial charge on any atom is -0.381 e. The predicted octanol–water partition coefficient (Wildman–Crippen LogP) is 2.74. The van der Waals surface area contributed by atoms with E-state index in [1.165, 1.54) is 25.9 Å². The molecule has 6 nitrogen and oxygen atoms in total.